The van der Waals surface area contributed by atoms with Gasteiger partial charge in [-0.3, -0.25) is 0 Å². The van der Waals surface area contributed by atoms with E-state index in [1.165, 1.54) is 32.1 Å². The summed E-state index contributed by atoms with van der Waals surface area (Å²) in [5, 5.41) is 0.626. The quantitative estimate of drug-likeness (QED) is 0.502. The molecule has 0 nitrogen and oxygen atoms in total. The molecular formula is C11H20S. The Kier molecular flexibility index (Phi) is 4.20. The van der Waals surface area contributed by atoms with Crippen LogP contribution in [0.4, 0.5) is 0 Å². The number of allylic oxidation sites excluding steroid dienone is 1. The molecule has 0 heterocycles. The summed E-state index contributed by atoms with van der Waals surface area (Å²) in [6, 6.07) is 0. The monoisotopic (exact) mass is 184 g/mol. The molecule has 1 aliphatic carbocycles. The molecule has 0 amide bonds. The van der Waals surface area contributed by atoms with Crippen molar-refractivity contribution in [1.29, 1.82) is 0 Å². The summed E-state index contributed by atoms with van der Waals surface area (Å²) in [6.07, 6.45) is 8.74. The highest BCUT2D eigenvalue weighted by molar-refractivity contribution is 7.80. The van der Waals surface area contributed by atoms with Crippen LogP contribution < -0.4 is 0 Å². The van der Waals surface area contributed by atoms with Crippen molar-refractivity contribution in [3.63, 3.8) is 0 Å². The fourth-order valence-electron chi connectivity index (χ4n) is 2.26. The highest BCUT2D eigenvalue weighted by Crippen LogP contribution is 2.35. The lowest BCUT2D eigenvalue weighted by molar-refractivity contribution is 0.273. The molecule has 1 saturated carbocycles. The molecule has 0 aromatic heterocycles. The second-order valence-electron chi connectivity index (χ2n) is 3.92. The summed E-state index contributed by atoms with van der Waals surface area (Å²) in [5.74, 6) is 1.64. The Labute approximate surface area is 81.8 Å². The third-order valence-electron chi connectivity index (χ3n) is 2.98. The molecule has 0 spiro atoms. The molecule has 0 aromatic carbocycles. The molecule has 0 aromatic rings. The Morgan fingerprint density at radius 1 is 1.50 bits per heavy atom. The van der Waals surface area contributed by atoms with Gasteiger partial charge in [-0.1, -0.05) is 25.8 Å². The Morgan fingerprint density at radius 3 is 2.83 bits per heavy atom. The van der Waals surface area contributed by atoms with Gasteiger partial charge in [-0.05, 0) is 31.1 Å². The van der Waals surface area contributed by atoms with Gasteiger partial charge >= 0.3 is 0 Å². The highest BCUT2D eigenvalue weighted by atomic mass is 32.1. The van der Waals surface area contributed by atoms with Crippen molar-refractivity contribution >= 4 is 12.6 Å². The summed E-state index contributed by atoms with van der Waals surface area (Å²) in [5.41, 5.74) is 0. The molecule has 3 atom stereocenters. The van der Waals surface area contributed by atoms with Crippen LogP contribution in [0, 0.1) is 11.8 Å². The lowest BCUT2D eigenvalue weighted by Gasteiger charge is -2.32. The standard InChI is InChI=1S/C11H20S/c1-3-5-10-6-7-11(12)8-9(10)4-2/h4,9-12H,2-3,5-8H2,1H3. The lowest BCUT2D eigenvalue weighted by Crippen LogP contribution is -2.23. The maximum Gasteiger partial charge on any atom is 0.00226 e. The van der Waals surface area contributed by atoms with Crippen LogP contribution in [-0.4, -0.2) is 5.25 Å². The molecule has 0 aliphatic heterocycles. The predicted molar refractivity (Wildman–Crippen MR) is 58.7 cm³/mol. The smallest absolute Gasteiger partial charge is 0.00226 e. The predicted octanol–water partition coefficient (Wildman–Crippen LogP) is 3.69. The van der Waals surface area contributed by atoms with Crippen LogP contribution in [0.1, 0.15) is 39.0 Å². The van der Waals surface area contributed by atoms with E-state index in [-0.39, 0.29) is 0 Å². The average molecular weight is 184 g/mol. The third-order valence-corrected chi connectivity index (χ3v) is 3.45. The minimum Gasteiger partial charge on any atom is -0.176 e. The molecule has 0 N–H and O–H groups in total. The van der Waals surface area contributed by atoms with E-state index in [0.29, 0.717) is 5.25 Å². The zero-order valence-electron chi connectivity index (χ0n) is 8.00. The topological polar surface area (TPSA) is 0 Å². The first-order valence-corrected chi connectivity index (χ1v) is 5.60. The van der Waals surface area contributed by atoms with Crippen molar-refractivity contribution in [3.05, 3.63) is 12.7 Å². The zero-order chi connectivity index (χ0) is 8.97. The van der Waals surface area contributed by atoms with Gasteiger partial charge in [-0.15, -0.1) is 6.58 Å². The third kappa shape index (κ3) is 2.55. The Morgan fingerprint density at radius 2 is 2.25 bits per heavy atom. The molecule has 0 saturated heterocycles. The number of hydrogen-bond acceptors (Lipinski definition) is 1. The largest absolute Gasteiger partial charge is 0.176 e. The van der Waals surface area contributed by atoms with Crippen molar-refractivity contribution in [2.45, 2.75) is 44.3 Å². The molecular weight excluding hydrogens is 164 g/mol. The lowest BCUT2D eigenvalue weighted by atomic mass is 9.77. The summed E-state index contributed by atoms with van der Waals surface area (Å²) in [7, 11) is 0. The molecule has 1 aliphatic rings. The van der Waals surface area contributed by atoms with E-state index in [1.54, 1.807) is 0 Å². The maximum absolute atomic E-state index is 4.54. The summed E-state index contributed by atoms with van der Waals surface area (Å²) in [4.78, 5) is 0. The maximum atomic E-state index is 4.54. The van der Waals surface area contributed by atoms with Gasteiger partial charge in [0.15, 0.2) is 0 Å². The first kappa shape index (κ1) is 10.2. The van der Waals surface area contributed by atoms with E-state index in [9.17, 15) is 0 Å². The van der Waals surface area contributed by atoms with Crippen molar-refractivity contribution in [2.75, 3.05) is 0 Å². The second kappa shape index (κ2) is 4.96. The fraction of sp³-hybridized carbons (Fsp3) is 0.818. The van der Waals surface area contributed by atoms with Crippen molar-refractivity contribution < 1.29 is 0 Å². The molecule has 0 bridgehead atoms. The first-order valence-electron chi connectivity index (χ1n) is 5.08. The minimum atomic E-state index is 0.626. The van der Waals surface area contributed by atoms with Crippen LogP contribution in [0.25, 0.3) is 0 Å². The normalized spacial score (nSPS) is 36.3. The van der Waals surface area contributed by atoms with Crippen LogP contribution in [0.2, 0.25) is 0 Å². The van der Waals surface area contributed by atoms with Crippen LogP contribution in [0.5, 0.6) is 0 Å². The van der Waals surface area contributed by atoms with E-state index in [2.05, 4.69) is 32.2 Å². The Balaban J connectivity index is 2.44. The van der Waals surface area contributed by atoms with Gasteiger partial charge in [0, 0.05) is 5.25 Å². The fourth-order valence-corrected chi connectivity index (χ4v) is 2.66. The summed E-state index contributed by atoms with van der Waals surface area (Å²) < 4.78 is 0. The second-order valence-corrected chi connectivity index (χ2v) is 4.65. The van der Waals surface area contributed by atoms with E-state index in [0.717, 1.165) is 11.8 Å². The minimum absolute atomic E-state index is 0.626. The van der Waals surface area contributed by atoms with Gasteiger partial charge in [-0.25, -0.2) is 0 Å². The van der Waals surface area contributed by atoms with Gasteiger partial charge in [0.05, 0.1) is 0 Å². The zero-order valence-corrected chi connectivity index (χ0v) is 8.89. The molecule has 3 unspecified atom stereocenters. The van der Waals surface area contributed by atoms with Crippen molar-refractivity contribution in [2.24, 2.45) is 11.8 Å². The van der Waals surface area contributed by atoms with Crippen LogP contribution >= 0.6 is 12.6 Å². The Hall–Kier alpha value is 0.0900. The molecule has 70 valence electrons. The number of thiol groups is 1. The first-order chi connectivity index (χ1) is 5.77. The molecule has 1 heteroatoms. The molecule has 12 heavy (non-hydrogen) atoms. The molecule has 1 rings (SSSR count). The molecule has 1 fully saturated rings. The average Bonchev–Trinajstić information content (AvgIpc) is 2.08. The van der Waals surface area contributed by atoms with Gasteiger partial charge in [0.1, 0.15) is 0 Å². The van der Waals surface area contributed by atoms with Gasteiger partial charge < -0.3 is 0 Å². The van der Waals surface area contributed by atoms with Crippen LogP contribution in [-0.2, 0) is 0 Å². The van der Waals surface area contributed by atoms with Crippen molar-refractivity contribution in [1.82, 2.24) is 0 Å². The summed E-state index contributed by atoms with van der Waals surface area (Å²) >= 11 is 4.54. The van der Waals surface area contributed by atoms with E-state index >= 15 is 0 Å². The number of hydrogen-bond donors (Lipinski definition) is 1. The van der Waals surface area contributed by atoms with E-state index in [4.69, 9.17) is 0 Å². The molecule has 0 radical (unpaired) electrons. The van der Waals surface area contributed by atoms with Crippen LogP contribution in [0.15, 0.2) is 12.7 Å². The van der Waals surface area contributed by atoms with Crippen molar-refractivity contribution in [3.8, 4) is 0 Å². The van der Waals surface area contributed by atoms with Gasteiger partial charge in [0.2, 0.25) is 0 Å². The van der Waals surface area contributed by atoms with Gasteiger partial charge in [0.25, 0.3) is 0 Å². The van der Waals surface area contributed by atoms with Gasteiger partial charge in [-0.2, -0.15) is 12.6 Å². The van der Waals surface area contributed by atoms with E-state index < -0.39 is 0 Å². The number of rotatable bonds is 3. The SMILES string of the molecule is C=CC1CC(S)CCC1CCC. The highest BCUT2D eigenvalue weighted by Gasteiger charge is 2.25. The Bertz CT molecular complexity index is 142. The summed E-state index contributed by atoms with van der Waals surface area (Å²) in [6.45, 7) is 6.19. The van der Waals surface area contributed by atoms with E-state index in [1.807, 2.05) is 0 Å². The van der Waals surface area contributed by atoms with Crippen LogP contribution in [0.3, 0.4) is 0 Å².